The first kappa shape index (κ1) is 14.7. The van der Waals surface area contributed by atoms with Crippen LogP contribution in [-0.4, -0.2) is 28.5 Å². The van der Waals surface area contributed by atoms with Gasteiger partial charge in [0.15, 0.2) is 0 Å². The molecule has 1 aliphatic rings. The molecule has 0 aliphatic carbocycles. The van der Waals surface area contributed by atoms with Gasteiger partial charge >= 0.3 is 0 Å². The van der Waals surface area contributed by atoms with Crippen LogP contribution in [0.15, 0.2) is 24.4 Å². The predicted octanol–water partition coefficient (Wildman–Crippen LogP) is 4.35. The van der Waals surface area contributed by atoms with Gasteiger partial charge in [0.2, 0.25) is 5.91 Å². The number of hydrogen-bond acceptors (Lipinski definition) is 1. The van der Waals surface area contributed by atoms with E-state index in [1.807, 2.05) is 27.8 Å². The number of fused-ring (bicyclic) bond motifs is 1. The zero-order valence-electron chi connectivity index (χ0n) is 11.8. The minimum Gasteiger partial charge on any atom is -0.341 e. The standard InChI is InChI=1S/C16H18Cl2N2O/c17-12-9-14(18)13-5-8-20(15(13)10-12)11-16(21)19-6-3-1-2-4-7-19/h5,8-10H,1-4,6-7,11H2. The molecule has 112 valence electrons. The number of aromatic nitrogens is 1. The van der Waals surface area contributed by atoms with Crippen molar-refractivity contribution in [2.75, 3.05) is 13.1 Å². The highest BCUT2D eigenvalue weighted by atomic mass is 35.5. The Labute approximate surface area is 134 Å². The van der Waals surface area contributed by atoms with Crippen molar-refractivity contribution < 1.29 is 4.79 Å². The lowest BCUT2D eigenvalue weighted by atomic mass is 10.2. The third-order valence-electron chi connectivity index (χ3n) is 4.07. The molecule has 1 aromatic carbocycles. The molecule has 1 aliphatic heterocycles. The Hall–Kier alpha value is -1.19. The SMILES string of the molecule is O=C(Cn1ccc2c(Cl)cc(Cl)cc21)N1CCCCCC1. The van der Waals surface area contributed by atoms with Crippen LogP contribution in [-0.2, 0) is 11.3 Å². The summed E-state index contributed by atoms with van der Waals surface area (Å²) in [5.41, 5.74) is 0.913. The van der Waals surface area contributed by atoms with E-state index in [2.05, 4.69) is 0 Å². The average molecular weight is 325 g/mol. The van der Waals surface area contributed by atoms with Gasteiger partial charge in [0.1, 0.15) is 6.54 Å². The molecule has 1 amide bonds. The van der Waals surface area contributed by atoms with Gasteiger partial charge in [0.25, 0.3) is 0 Å². The molecule has 0 spiro atoms. The van der Waals surface area contributed by atoms with Crippen LogP contribution in [0.5, 0.6) is 0 Å². The molecular weight excluding hydrogens is 307 g/mol. The van der Waals surface area contributed by atoms with E-state index in [1.54, 1.807) is 6.07 Å². The fraction of sp³-hybridized carbons (Fsp3) is 0.438. The largest absolute Gasteiger partial charge is 0.341 e. The van der Waals surface area contributed by atoms with Crippen LogP contribution in [0.1, 0.15) is 25.7 Å². The van der Waals surface area contributed by atoms with Gasteiger partial charge in [-0.3, -0.25) is 4.79 Å². The number of likely N-dealkylation sites (tertiary alicyclic amines) is 1. The summed E-state index contributed by atoms with van der Waals surface area (Å²) in [6, 6.07) is 5.52. The summed E-state index contributed by atoms with van der Waals surface area (Å²) in [6.07, 6.45) is 6.57. The van der Waals surface area contributed by atoms with Gasteiger partial charge in [-0.15, -0.1) is 0 Å². The van der Waals surface area contributed by atoms with E-state index >= 15 is 0 Å². The number of halogens is 2. The normalized spacial score (nSPS) is 16.2. The van der Waals surface area contributed by atoms with Crippen LogP contribution in [0.3, 0.4) is 0 Å². The van der Waals surface area contributed by atoms with Crippen LogP contribution in [0.4, 0.5) is 0 Å². The molecule has 0 unspecified atom stereocenters. The highest BCUT2D eigenvalue weighted by Gasteiger charge is 2.17. The molecule has 0 atom stereocenters. The highest BCUT2D eigenvalue weighted by Crippen LogP contribution is 2.28. The fourth-order valence-electron chi connectivity index (χ4n) is 2.92. The molecule has 0 saturated carbocycles. The van der Waals surface area contributed by atoms with E-state index < -0.39 is 0 Å². The number of amides is 1. The zero-order chi connectivity index (χ0) is 14.8. The van der Waals surface area contributed by atoms with Gasteiger partial charge in [-0.1, -0.05) is 36.0 Å². The van der Waals surface area contributed by atoms with E-state index in [9.17, 15) is 4.79 Å². The summed E-state index contributed by atoms with van der Waals surface area (Å²) in [4.78, 5) is 14.4. The first-order chi connectivity index (χ1) is 10.1. The molecule has 3 rings (SSSR count). The van der Waals surface area contributed by atoms with Crippen molar-refractivity contribution in [2.45, 2.75) is 32.2 Å². The van der Waals surface area contributed by atoms with E-state index in [-0.39, 0.29) is 5.91 Å². The Morgan fingerprint density at radius 3 is 2.52 bits per heavy atom. The summed E-state index contributed by atoms with van der Waals surface area (Å²) < 4.78 is 1.93. The molecule has 0 radical (unpaired) electrons. The van der Waals surface area contributed by atoms with Crippen molar-refractivity contribution in [2.24, 2.45) is 0 Å². The first-order valence-corrected chi connectivity index (χ1v) is 8.12. The lowest BCUT2D eigenvalue weighted by molar-refractivity contribution is -0.131. The minimum atomic E-state index is 0.172. The lowest BCUT2D eigenvalue weighted by Gasteiger charge is -2.20. The number of carbonyl (C=O) groups excluding carboxylic acids is 1. The van der Waals surface area contributed by atoms with Crippen LogP contribution in [0.25, 0.3) is 10.9 Å². The zero-order valence-corrected chi connectivity index (χ0v) is 13.3. The molecule has 1 saturated heterocycles. The van der Waals surface area contributed by atoms with Gasteiger partial charge in [0.05, 0.1) is 10.5 Å². The second-order valence-electron chi connectivity index (χ2n) is 5.56. The molecule has 3 nitrogen and oxygen atoms in total. The topological polar surface area (TPSA) is 25.2 Å². The van der Waals surface area contributed by atoms with Gasteiger partial charge in [-0.2, -0.15) is 0 Å². The van der Waals surface area contributed by atoms with Crippen LogP contribution in [0.2, 0.25) is 10.0 Å². The maximum absolute atomic E-state index is 12.5. The number of rotatable bonds is 2. The van der Waals surface area contributed by atoms with Gasteiger partial charge in [0, 0.05) is 29.7 Å². The predicted molar refractivity (Wildman–Crippen MR) is 87.0 cm³/mol. The average Bonchev–Trinajstić information content (AvgIpc) is 2.69. The summed E-state index contributed by atoms with van der Waals surface area (Å²) in [6.45, 7) is 2.10. The van der Waals surface area contributed by atoms with E-state index in [4.69, 9.17) is 23.2 Å². The number of benzene rings is 1. The Balaban J connectivity index is 1.82. The second-order valence-corrected chi connectivity index (χ2v) is 6.40. The minimum absolute atomic E-state index is 0.172. The molecule has 1 fully saturated rings. The summed E-state index contributed by atoms with van der Waals surface area (Å²) in [7, 11) is 0. The van der Waals surface area contributed by atoms with Crippen molar-refractivity contribution in [3.05, 3.63) is 34.4 Å². The van der Waals surface area contributed by atoms with E-state index in [1.165, 1.54) is 12.8 Å². The number of carbonyl (C=O) groups is 1. The highest BCUT2D eigenvalue weighted by molar-refractivity contribution is 6.38. The summed E-state index contributed by atoms with van der Waals surface area (Å²) in [5.74, 6) is 0.172. The number of hydrogen-bond donors (Lipinski definition) is 0. The van der Waals surface area contributed by atoms with Crippen molar-refractivity contribution in [1.29, 1.82) is 0 Å². The Morgan fingerprint density at radius 2 is 1.81 bits per heavy atom. The van der Waals surface area contributed by atoms with Gasteiger partial charge in [-0.05, 0) is 31.0 Å². The fourth-order valence-corrected chi connectivity index (χ4v) is 3.47. The Morgan fingerprint density at radius 1 is 1.10 bits per heavy atom. The van der Waals surface area contributed by atoms with Crippen LogP contribution in [0, 0.1) is 0 Å². The molecule has 5 heteroatoms. The second kappa shape index (κ2) is 6.29. The smallest absolute Gasteiger partial charge is 0.242 e. The van der Waals surface area contributed by atoms with E-state index in [0.717, 1.165) is 36.8 Å². The van der Waals surface area contributed by atoms with Gasteiger partial charge in [-0.25, -0.2) is 0 Å². The third-order valence-corrected chi connectivity index (χ3v) is 4.60. The monoisotopic (exact) mass is 324 g/mol. The Bertz CT molecular complexity index is 658. The summed E-state index contributed by atoms with van der Waals surface area (Å²) >= 11 is 12.3. The first-order valence-electron chi connectivity index (χ1n) is 7.37. The van der Waals surface area contributed by atoms with Crippen molar-refractivity contribution in [1.82, 2.24) is 9.47 Å². The van der Waals surface area contributed by atoms with Crippen molar-refractivity contribution >= 4 is 40.0 Å². The molecule has 1 aromatic heterocycles. The molecule has 2 aromatic rings. The quantitative estimate of drug-likeness (QED) is 0.806. The van der Waals surface area contributed by atoms with Gasteiger partial charge < -0.3 is 9.47 Å². The van der Waals surface area contributed by atoms with Crippen LogP contribution < -0.4 is 0 Å². The molecule has 2 heterocycles. The van der Waals surface area contributed by atoms with Crippen LogP contribution >= 0.6 is 23.2 Å². The van der Waals surface area contributed by atoms with Crippen molar-refractivity contribution in [3.63, 3.8) is 0 Å². The Kier molecular flexibility index (Phi) is 4.41. The third kappa shape index (κ3) is 3.19. The maximum Gasteiger partial charge on any atom is 0.242 e. The molecule has 0 N–H and O–H groups in total. The van der Waals surface area contributed by atoms with Crippen molar-refractivity contribution in [3.8, 4) is 0 Å². The molecule has 0 bridgehead atoms. The number of nitrogens with zero attached hydrogens (tertiary/aromatic N) is 2. The lowest BCUT2D eigenvalue weighted by Crippen LogP contribution is -2.34. The maximum atomic E-state index is 12.5. The molecule has 21 heavy (non-hydrogen) atoms. The molecular formula is C16H18Cl2N2O. The van der Waals surface area contributed by atoms with E-state index in [0.29, 0.717) is 16.6 Å². The summed E-state index contributed by atoms with van der Waals surface area (Å²) in [5, 5.41) is 2.15.